The molecule has 0 amide bonds. The first-order valence-electron chi connectivity index (χ1n) is 9.76. The Morgan fingerprint density at radius 3 is 2.70 bits per heavy atom. The molecule has 1 aromatic heterocycles. The van der Waals surface area contributed by atoms with Gasteiger partial charge in [-0.3, -0.25) is 4.57 Å². The standard InChI is InChI=1S/C20H30BrN3O5Si/c1-7-27-17(25)9-8-13-10-16(24-11-14(21)18(22)23-19(24)26)29-15(13)12-28-30(5,6)20(2,3)4/h8-11,15-16H,7,12H2,1-6H3,(H2,22,23,26)/b9-8+/t15-,16-/m1/s1. The van der Waals surface area contributed by atoms with Crippen LogP contribution in [0.1, 0.15) is 33.9 Å². The van der Waals surface area contributed by atoms with Gasteiger partial charge < -0.3 is 19.6 Å². The lowest BCUT2D eigenvalue weighted by atomic mass is 10.1. The van der Waals surface area contributed by atoms with E-state index >= 15 is 0 Å². The summed E-state index contributed by atoms with van der Waals surface area (Å²) >= 11 is 3.29. The van der Waals surface area contributed by atoms with Crippen molar-refractivity contribution in [3.8, 4) is 0 Å². The number of hydrogen-bond donors (Lipinski definition) is 1. The second-order valence-corrected chi connectivity index (χ2v) is 14.2. The second kappa shape index (κ2) is 9.59. The van der Waals surface area contributed by atoms with Crippen molar-refractivity contribution in [3.05, 3.63) is 45.0 Å². The molecule has 30 heavy (non-hydrogen) atoms. The molecule has 2 heterocycles. The highest BCUT2D eigenvalue weighted by molar-refractivity contribution is 9.10. The molecule has 0 aliphatic carbocycles. The van der Waals surface area contributed by atoms with E-state index in [0.29, 0.717) is 17.7 Å². The monoisotopic (exact) mass is 499 g/mol. The van der Waals surface area contributed by atoms with Crippen molar-refractivity contribution in [2.45, 2.75) is 58.2 Å². The number of rotatable bonds is 7. The normalized spacial score (nSPS) is 19.9. The summed E-state index contributed by atoms with van der Waals surface area (Å²) in [5, 5.41) is 0.0400. The smallest absolute Gasteiger partial charge is 0.351 e. The summed E-state index contributed by atoms with van der Waals surface area (Å²) in [6.07, 6.45) is 5.15. The Morgan fingerprint density at radius 1 is 1.43 bits per heavy atom. The van der Waals surface area contributed by atoms with Gasteiger partial charge in [0, 0.05) is 12.3 Å². The molecule has 0 spiro atoms. The number of ether oxygens (including phenoxy) is 2. The molecule has 0 bridgehead atoms. The lowest BCUT2D eigenvalue weighted by Gasteiger charge is -2.37. The van der Waals surface area contributed by atoms with Crippen LogP contribution in [0.5, 0.6) is 0 Å². The number of nitrogens with zero attached hydrogens (tertiary/aromatic N) is 2. The fraction of sp³-hybridized carbons (Fsp3) is 0.550. The summed E-state index contributed by atoms with van der Waals surface area (Å²) in [6, 6.07) is 0. The average molecular weight is 500 g/mol. The van der Waals surface area contributed by atoms with Gasteiger partial charge in [0.1, 0.15) is 11.9 Å². The fourth-order valence-electron chi connectivity index (χ4n) is 2.50. The van der Waals surface area contributed by atoms with Crippen molar-refractivity contribution >= 4 is 36.0 Å². The summed E-state index contributed by atoms with van der Waals surface area (Å²) in [5.74, 6) is -0.335. The first-order chi connectivity index (χ1) is 13.9. The number of halogens is 1. The summed E-state index contributed by atoms with van der Waals surface area (Å²) in [4.78, 5) is 27.9. The van der Waals surface area contributed by atoms with Gasteiger partial charge in [-0.15, -0.1) is 0 Å². The molecule has 0 saturated carbocycles. The number of nitrogen functional groups attached to an aromatic ring is 1. The van der Waals surface area contributed by atoms with E-state index in [1.807, 2.05) is 0 Å². The van der Waals surface area contributed by atoms with Crippen molar-refractivity contribution in [1.29, 1.82) is 0 Å². The van der Waals surface area contributed by atoms with Gasteiger partial charge in [0.05, 0.1) is 17.7 Å². The molecule has 8 nitrogen and oxygen atoms in total. The zero-order valence-electron chi connectivity index (χ0n) is 18.3. The Labute approximate surface area is 186 Å². The maximum absolute atomic E-state index is 12.3. The first-order valence-corrected chi connectivity index (χ1v) is 13.5. The summed E-state index contributed by atoms with van der Waals surface area (Å²) in [6.45, 7) is 13.1. The van der Waals surface area contributed by atoms with E-state index in [0.717, 1.165) is 5.57 Å². The SMILES string of the molecule is CCOC(=O)/C=C/C1=C[C@H](n2cc(Br)c(N)nc2=O)O[C@@H]1CO[Si](C)(C)C(C)(C)C. The molecule has 0 aromatic carbocycles. The van der Waals surface area contributed by atoms with E-state index in [-0.39, 0.29) is 10.9 Å². The van der Waals surface area contributed by atoms with Crippen molar-refractivity contribution in [2.75, 3.05) is 18.9 Å². The molecule has 2 N–H and O–H groups in total. The summed E-state index contributed by atoms with van der Waals surface area (Å²) < 4.78 is 19.2. The van der Waals surface area contributed by atoms with Gasteiger partial charge in [0.15, 0.2) is 14.5 Å². The van der Waals surface area contributed by atoms with E-state index < -0.39 is 32.3 Å². The van der Waals surface area contributed by atoms with E-state index in [1.54, 1.807) is 19.1 Å². The summed E-state index contributed by atoms with van der Waals surface area (Å²) in [5.41, 5.74) is 5.88. The van der Waals surface area contributed by atoms with E-state index in [1.165, 1.54) is 16.8 Å². The molecule has 0 fully saturated rings. The van der Waals surface area contributed by atoms with Crippen LogP contribution in [-0.4, -0.2) is 43.2 Å². The quantitative estimate of drug-likeness (QED) is 0.347. The van der Waals surface area contributed by atoms with Gasteiger partial charge in [0.2, 0.25) is 0 Å². The van der Waals surface area contributed by atoms with Crippen LogP contribution in [0.4, 0.5) is 5.82 Å². The molecule has 0 radical (unpaired) electrons. The van der Waals surface area contributed by atoms with Gasteiger partial charge in [-0.1, -0.05) is 20.8 Å². The van der Waals surface area contributed by atoms with Crippen LogP contribution in [0, 0.1) is 0 Å². The van der Waals surface area contributed by atoms with Crippen molar-refractivity contribution < 1.29 is 18.7 Å². The Bertz CT molecular complexity index is 905. The average Bonchev–Trinajstić information content (AvgIpc) is 3.03. The minimum Gasteiger partial charge on any atom is -0.463 e. The molecular formula is C20H30BrN3O5Si. The predicted octanol–water partition coefficient (Wildman–Crippen LogP) is 3.55. The summed E-state index contributed by atoms with van der Waals surface area (Å²) in [7, 11) is -2.02. The maximum atomic E-state index is 12.3. The fourth-order valence-corrected chi connectivity index (χ4v) is 3.81. The van der Waals surface area contributed by atoms with Crippen LogP contribution < -0.4 is 11.4 Å². The van der Waals surface area contributed by atoms with Crippen molar-refractivity contribution in [3.63, 3.8) is 0 Å². The molecule has 166 valence electrons. The highest BCUT2D eigenvalue weighted by atomic mass is 79.9. The third-order valence-corrected chi connectivity index (χ3v) is 10.4. The number of nitrogens with two attached hydrogens (primary N) is 1. The minimum absolute atomic E-state index is 0.0400. The number of carbonyl (C=O) groups is 1. The third-order valence-electron chi connectivity index (χ3n) is 5.32. The number of carbonyl (C=O) groups excluding carboxylic acids is 1. The number of esters is 1. The zero-order chi connectivity index (χ0) is 22.7. The first kappa shape index (κ1) is 24.5. The molecule has 1 aliphatic heterocycles. The highest BCUT2D eigenvalue weighted by Gasteiger charge is 2.39. The molecule has 0 unspecified atom stereocenters. The minimum atomic E-state index is -2.02. The Balaban J connectivity index is 2.30. The van der Waals surface area contributed by atoms with Crippen molar-refractivity contribution in [1.82, 2.24) is 9.55 Å². The van der Waals surface area contributed by atoms with Gasteiger partial charge in [-0.25, -0.2) is 9.59 Å². The van der Waals surface area contributed by atoms with Crippen LogP contribution in [0.25, 0.3) is 0 Å². The largest absolute Gasteiger partial charge is 0.463 e. The number of hydrogen-bond acceptors (Lipinski definition) is 7. The molecular weight excluding hydrogens is 470 g/mol. The van der Waals surface area contributed by atoms with E-state index in [4.69, 9.17) is 19.6 Å². The van der Waals surface area contributed by atoms with Crippen LogP contribution in [0.2, 0.25) is 18.1 Å². The highest BCUT2D eigenvalue weighted by Crippen LogP contribution is 2.37. The van der Waals surface area contributed by atoms with Gasteiger partial charge >= 0.3 is 11.7 Å². The maximum Gasteiger partial charge on any atom is 0.351 e. The van der Waals surface area contributed by atoms with Crippen LogP contribution in [0.15, 0.2) is 39.3 Å². The second-order valence-electron chi connectivity index (χ2n) is 8.50. The van der Waals surface area contributed by atoms with E-state index in [2.05, 4.69) is 54.8 Å². The molecule has 2 atom stereocenters. The molecule has 10 heteroatoms. The molecule has 2 rings (SSSR count). The Morgan fingerprint density at radius 2 is 2.10 bits per heavy atom. The van der Waals surface area contributed by atoms with Gasteiger partial charge in [0.25, 0.3) is 0 Å². The predicted molar refractivity (Wildman–Crippen MR) is 122 cm³/mol. The van der Waals surface area contributed by atoms with Crippen molar-refractivity contribution in [2.24, 2.45) is 0 Å². The van der Waals surface area contributed by atoms with Gasteiger partial charge in [-0.05, 0) is 58.7 Å². The molecule has 1 aromatic rings. The van der Waals surface area contributed by atoms with Gasteiger partial charge in [-0.2, -0.15) is 4.98 Å². The lowest BCUT2D eigenvalue weighted by molar-refractivity contribution is -0.137. The molecule has 1 aliphatic rings. The topological polar surface area (TPSA) is 106 Å². The zero-order valence-corrected chi connectivity index (χ0v) is 20.9. The van der Waals surface area contributed by atoms with Crippen LogP contribution >= 0.6 is 15.9 Å². The Hall–Kier alpha value is -1.75. The molecule has 0 saturated heterocycles. The third kappa shape index (κ3) is 5.90. The Kier molecular flexibility index (Phi) is 7.83. The number of aromatic nitrogens is 2. The lowest BCUT2D eigenvalue weighted by Crippen LogP contribution is -2.43. The van der Waals surface area contributed by atoms with Crippen LogP contribution in [-0.2, 0) is 18.7 Å². The van der Waals surface area contributed by atoms with Crippen LogP contribution in [0.3, 0.4) is 0 Å². The number of anilines is 1. The van der Waals surface area contributed by atoms with E-state index in [9.17, 15) is 9.59 Å².